The largest absolute Gasteiger partial charge is 0.269 e. The molecule has 1 aliphatic heterocycles. The Morgan fingerprint density at radius 1 is 1.18 bits per heavy atom. The summed E-state index contributed by atoms with van der Waals surface area (Å²) in [5, 5.41) is 0. The van der Waals surface area contributed by atoms with E-state index in [0.29, 0.717) is 0 Å². The standard InChI is InChI=1S/C12H13NO3S/c1-9-3-6-11(7-4-9)17(15,16)13-10(2)5-8-12(13)14/h3-8,10H,1-2H3. The van der Waals surface area contributed by atoms with Gasteiger partial charge in [-0.05, 0) is 26.0 Å². The number of hydrogen-bond acceptors (Lipinski definition) is 3. The van der Waals surface area contributed by atoms with Gasteiger partial charge in [-0.2, -0.15) is 0 Å². The molecule has 0 N–H and O–H groups in total. The van der Waals surface area contributed by atoms with Crippen molar-refractivity contribution < 1.29 is 13.2 Å². The number of amides is 1. The Balaban J connectivity index is 2.44. The van der Waals surface area contributed by atoms with Crippen LogP contribution in [0.25, 0.3) is 0 Å². The molecule has 2 rings (SSSR count). The molecule has 4 nitrogen and oxygen atoms in total. The maximum absolute atomic E-state index is 12.2. The summed E-state index contributed by atoms with van der Waals surface area (Å²) in [5.74, 6) is -0.488. The monoisotopic (exact) mass is 251 g/mol. The van der Waals surface area contributed by atoms with Gasteiger partial charge < -0.3 is 0 Å². The van der Waals surface area contributed by atoms with Gasteiger partial charge in [-0.1, -0.05) is 23.8 Å². The maximum atomic E-state index is 12.2. The van der Waals surface area contributed by atoms with Crippen LogP contribution in [0.15, 0.2) is 41.3 Å². The Labute approximate surface area is 101 Å². The molecule has 90 valence electrons. The minimum Gasteiger partial charge on any atom is -0.269 e. The average molecular weight is 251 g/mol. The summed E-state index contributed by atoms with van der Waals surface area (Å²) >= 11 is 0. The molecule has 0 fully saturated rings. The van der Waals surface area contributed by atoms with Crippen LogP contribution >= 0.6 is 0 Å². The average Bonchev–Trinajstić information content (AvgIpc) is 2.59. The molecule has 1 aliphatic rings. The molecule has 0 radical (unpaired) electrons. The van der Waals surface area contributed by atoms with E-state index in [2.05, 4.69) is 0 Å². The molecule has 5 heteroatoms. The van der Waals surface area contributed by atoms with Gasteiger partial charge in [0.2, 0.25) is 0 Å². The number of sulfonamides is 1. The predicted molar refractivity (Wildman–Crippen MR) is 63.8 cm³/mol. The third kappa shape index (κ3) is 1.98. The zero-order valence-corrected chi connectivity index (χ0v) is 10.4. The highest BCUT2D eigenvalue weighted by atomic mass is 32.2. The Morgan fingerprint density at radius 2 is 1.76 bits per heavy atom. The van der Waals surface area contributed by atoms with Gasteiger partial charge in [0, 0.05) is 6.08 Å². The molecule has 0 saturated heterocycles. The molecule has 1 heterocycles. The zero-order chi connectivity index (χ0) is 12.6. The van der Waals surface area contributed by atoms with Gasteiger partial charge in [0.25, 0.3) is 15.9 Å². The zero-order valence-electron chi connectivity index (χ0n) is 9.62. The van der Waals surface area contributed by atoms with Crippen molar-refractivity contribution in [2.75, 3.05) is 0 Å². The normalized spacial score (nSPS) is 20.0. The summed E-state index contributed by atoms with van der Waals surface area (Å²) < 4.78 is 25.4. The van der Waals surface area contributed by atoms with Crippen molar-refractivity contribution in [2.24, 2.45) is 0 Å². The third-order valence-corrected chi connectivity index (χ3v) is 4.58. The van der Waals surface area contributed by atoms with Crippen LogP contribution in [0.4, 0.5) is 0 Å². The lowest BCUT2D eigenvalue weighted by atomic mass is 10.2. The number of rotatable bonds is 2. The predicted octanol–water partition coefficient (Wildman–Crippen LogP) is 1.47. The van der Waals surface area contributed by atoms with E-state index in [1.54, 1.807) is 25.1 Å². The SMILES string of the molecule is Cc1ccc(S(=O)(=O)N2C(=O)C=CC2C)cc1. The van der Waals surface area contributed by atoms with Gasteiger partial charge in [-0.15, -0.1) is 0 Å². The van der Waals surface area contributed by atoms with E-state index in [1.807, 2.05) is 6.92 Å². The number of carbonyl (C=O) groups excluding carboxylic acids is 1. The molecule has 0 aromatic heterocycles. The van der Waals surface area contributed by atoms with Crippen molar-refractivity contribution in [3.8, 4) is 0 Å². The van der Waals surface area contributed by atoms with Crippen molar-refractivity contribution in [1.29, 1.82) is 0 Å². The van der Waals surface area contributed by atoms with Gasteiger partial charge in [0.05, 0.1) is 10.9 Å². The quantitative estimate of drug-likeness (QED) is 0.799. The fraction of sp³-hybridized carbons (Fsp3) is 0.250. The van der Waals surface area contributed by atoms with Crippen molar-refractivity contribution in [2.45, 2.75) is 24.8 Å². The van der Waals surface area contributed by atoms with E-state index >= 15 is 0 Å². The molecular weight excluding hydrogens is 238 g/mol. The van der Waals surface area contributed by atoms with Crippen molar-refractivity contribution in [1.82, 2.24) is 4.31 Å². The first-order chi connectivity index (χ1) is 7.93. The Kier molecular flexibility index (Phi) is 2.79. The van der Waals surface area contributed by atoms with Gasteiger partial charge in [0.1, 0.15) is 0 Å². The van der Waals surface area contributed by atoms with Crippen LogP contribution in [0.2, 0.25) is 0 Å². The highest BCUT2D eigenvalue weighted by Gasteiger charge is 2.34. The third-order valence-electron chi connectivity index (χ3n) is 2.68. The summed E-state index contributed by atoms with van der Waals surface area (Å²) in [6, 6.07) is 6.04. The molecule has 0 spiro atoms. The second kappa shape index (κ2) is 4.00. The number of hydrogen-bond donors (Lipinski definition) is 0. The number of aryl methyl sites for hydroxylation is 1. The minimum atomic E-state index is -3.73. The molecule has 1 unspecified atom stereocenters. The molecule has 1 aromatic rings. The van der Waals surface area contributed by atoms with Crippen LogP contribution in [0.1, 0.15) is 12.5 Å². The fourth-order valence-corrected chi connectivity index (χ4v) is 3.25. The van der Waals surface area contributed by atoms with Gasteiger partial charge >= 0.3 is 0 Å². The molecule has 1 aromatic carbocycles. The van der Waals surface area contributed by atoms with Crippen molar-refractivity contribution in [3.63, 3.8) is 0 Å². The summed E-state index contributed by atoms with van der Waals surface area (Å²) in [4.78, 5) is 11.7. The second-order valence-corrected chi connectivity index (χ2v) is 5.87. The summed E-state index contributed by atoms with van der Waals surface area (Å²) in [6.07, 6.45) is 2.87. The van der Waals surface area contributed by atoms with Gasteiger partial charge in [-0.25, -0.2) is 12.7 Å². The van der Waals surface area contributed by atoms with Crippen LogP contribution in [-0.2, 0) is 14.8 Å². The first-order valence-corrected chi connectivity index (χ1v) is 6.70. The Bertz CT molecular complexity index is 572. The highest BCUT2D eigenvalue weighted by molar-refractivity contribution is 7.89. The topological polar surface area (TPSA) is 54.5 Å². The highest BCUT2D eigenvalue weighted by Crippen LogP contribution is 2.22. The molecule has 17 heavy (non-hydrogen) atoms. The van der Waals surface area contributed by atoms with Crippen molar-refractivity contribution >= 4 is 15.9 Å². The first-order valence-electron chi connectivity index (χ1n) is 5.26. The molecule has 0 bridgehead atoms. The van der Waals surface area contributed by atoms with Crippen LogP contribution in [0.3, 0.4) is 0 Å². The second-order valence-electron chi connectivity index (χ2n) is 4.05. The van der Waals surface area contributed by atoms with Crippen LogP contribution in [0, 0.1) is 6.92 Å². The van der Waals surface area contributed by atoms with Gasteiger partial charge in [0.15, 0.2) is 0 Å². The Morgan fingerprint density at radius 3 is 2.24 bits per heavy atom. The van der Waals surface area contributed by atoms with E-state index < -0.39 is 22.0 Å². The fourth-order valence-electron chi connectivity index (χ4n) is 1.74. The van der Waals surface area contributed by atoms with E-state index in [9.17, 15) is 13.2 Å². The van der Waals surface area contributed by atoms with Gasteiger partial charge in [-0.3, -0.25) is 4.79 Å². The van der Waals surface area contributed by atoms with Crippen LogP contribution in [0.5, 0.6) is 0 Å². The number of nitrogens with zero attached hydrogens (tertiary/aromatic N) is 1. The molecular formula is C12H13NO3S. The molecule has 1 amide bonds. The van der Waals surface area contributed by atoms with Crippen LogP contribution in [-0.4, -0.2) is 24.7 Å². The minimum absolute atomic E-state index is 0.145. The number of carbonyl (C=O) groups is 1. The first kappa shape index (κ1) is 11.9. The lowest BCUT2D eigenvalue weighted by molar-refractivity contribution is -0.121. The Hall–Kier alpha value is -1.62. The lowest BCUT2D eigenvalue weighted by Crippen LogP contribution is -2.37. The van der Waals surface area contributed by atoms with E-state index in [4.69, 9.17) is 0 Å². The lowest BCUT2D eigenvalue weighted by Gasteiger charge is -2.21. The smallest absolute Gasteiger partial charge is 0.267 e. The van der Waals surface area contributed by atoms with E-state index in [1.165, 1.54) is 18.2 Å². The summed E-state index contributed by atoms with van der Waals surface area (Å²) in [7, 11) is -3.73. The summed E-state index contributed by atoms with van der Waals surface area (Å²) in [6.45, 7) is 3.55. The van der Waals surface area contributed by atoms with E-state index in [0.717, 1.165) is 9.87 Å². The molecule has 0 aliphatic carbocycles. The molecule has 0 saturated carbocycles. The molecule has 1 atom stereocenters. The van der Waals surface area contributed by atoms with Crippen molar-refractivity contribution in [3.05, 3.63) is 42.0 Å². The number of benzene rings is 1. The summed E-state index contributed by atoms with van der Waals surface area (Å²) in [5.41, 5.74) is 0.975. The van der Waals surface area contributed by atoms with Crippen LogP contribution < -0.4 is 0 Å². The maximum Gasteiger partial charge on any atom is 0.267 e. The van der Waals surface area contributed by atoms with E-state index in [-0.39, 0.29) is 4.90 Å².